The summed E-state index contributed by atoms with van der Waals surface area (Å²) in [5.74, 6) is 0.0182. The Labute approximate surface area is 125 Å². The second-order valence-electron chi connectivity index (χ2n) is 5.80. The minimum Gasteiger partial charge on any atom is -0.481 e. The molecule has 1 aromatic rings. The molecule has 1 heterocycles. The summed E-state index contributed by atoms with van der Waals surface area (Å²) in [6.45, 7) is 4.95. The molecule has 1 aliphatic rings. The Balaban J connectivity index is 1.93. The third-order valence-electron chi connectivity index (χ3n) is 4.20. The zero-order valence-electron chi connectivity index (χ0n) is 11.9. The lowest BCUT2D eigenvalue weighted by atomic mass is 9.84. The maximum atomic E-state index is 10.8. The van der Waals surface area contributed by atoms with E-state index in [9.17, 15) is 4.79 Å². The second-order valence-corrected chi connectivity index (χ2v) is 6.21. The number of benzene rings is 1. The molecule has 0 aromatic heterocycles. The first-order chi connectivity index (χ1) is 9.56. The van der Waals surface area contributed by atoms with Crippen molar-refractivity contribution >= 4 is 17.6 Å². The van der Waals surface area contributed by atoms with Crippen molar-refractivity contribution in [1.82, 2.24) is 4.90 Å². The van der Waals surface area contributed by atoms with Crippen LogP contribution in [0.4, 0.5) is 0 Å². The van der Waals surface area contributed by atoms with E-state index < -0.39 is 5.97 Å². The van der Waals surface area contributed by atoms with Gasteiger partial charge in [0.05, 0.1) is 0 Å². The zero-order chi connectivity index (χ0) is 14.5. The van der Waals surface area contributed by atoms with E-state index in [2.05, 4.69) is 17.9 Å². The number of aliphatic carboxylic acids is 1. The van der Waals surface area contributed by atoms with Crippen molar-refractivity contribution in [3.05, 3.63) is 34.9 Å². The molecule has 1 aromatic carbocycles. The summed E-state index contributed by atoms with van der Waals surface area (Å²) in [5.41, 5.74) is 1.15. The first kappa shape index (κ1) is 15.3. The van der Waals surface area contributed by atoms with E-state index in [1.807, 2.05) is 18.2 Å². The van der Waals surface area contributed by atoms with E-state index in [1.54, 1.807) is 0 Å². The van der Waals surface area contributed by atoms with Crippen molar-refractivity contribution in [1.29, 1.82) is 0 Å². The number of likely N-dealkylation sites (tertiary alicyclic amines) is 1. The third kappa shape index (κ3) is 4.22. The lowest BCUT2D eigenvalue weighted by Gasteiger charge is -2.35. The number of rotatable bonds is 5. The number of hydrogen-bond donors (Lipinski definition) is 1. The molecule has 0 bridgehead atoms. The van der Waals surface area contributed by atoms with Gasteiger partial charge in [0.25, 0.3) is 0 Å². The molecule has 2 unspecified atom stereocenters. The summed E-state index contributed by atoms with van der Waals surface area (Å²) in [6, 6.07) is 7.94. The number of carboxylic acid groups (broad SMARTS) is 1. The number of piperidine rings is 1. The Hall–Kier alpha value is -1.06. The van der Waals surface area contributed by atoms with Gasteiger partial charge in [-0.05, 0) is 42.9 Å². The van der Waals surface area contributed by atoms with Crippen LogP contribution < -0.4 is 0 Å². The number of nitrogens with zero attached hydrogens (tertiary/aromatic N) is 1. The lowest BCUT2D eigenvalue weighted by molar-refractivity contribution is -0.138. The van der Waals surface area contributed by atoms with Crippen molar-refractivity contribution in [3.63, 3.8) is 0 Å². The van der Waals surface area contributed by atoms with Crippen LogP contribution in [0.5, 0.6) is 0 Å². The molecule has 2 atom stereocenters. The van der Waals surface area contributed by atoms with E-state index in [1.165, 1.54) is 0 Å². The Kier molecular flexibility index (Phi) is 5.44. The summed E-state index contributed by atoms with van der Waals surface area (Å²) in [6.07, 6.45) is 2.54. The summed E-state index contributed by atoms with van der Waals surface area (Å²) < 4.78 is 0. The molecular formula is C16H22ClNO2. The summed E-state index contributed by atoms with van der Waals surface area (Å²) >= 11 is 6.21. The average molecular weight is 296 g/mol. The highest BCUT2D eigenvalue weighted by Gasteiger charge is 2.26. The highest BCUT2D eigenvalue weighted by atomic mass is 35.5. The van der Waals surface area contributed by atoms with E-state index in [0.29, 0.717) is 5.92 Å². The smallest absolute Gasteiger partial charge is 0.303 e. The molecule has 1 N–H and O–H groups in total. The number of hydrogen-bond acceptors (Lipinski definition) is 2. The van der Waals surface area contributed by atoms with Gasteiger partial charge in [-0.2, -0.15) is 0 Å². The van der Waals surface area contributed by atoms with Crippen molar-refractivity contribution < 1.29 is 9.90 Å². The monoisotopic (exact) mass is 295 g/mol. The maximum absolute atomic E-state index is 10.8. The van der Waals surface area contributed by atoms with Crippen LogP contribution in [0.15, 0.2) is 24.3 Å². The second kappa shape index (κ2) is 7.09. The maximum Gasteiger partial charge on any atom is 0.303 e. The Morgan fingerprint density at radius 2 is 2.25 bits per heavy atom. The fourth-order valence-electron chi connectivity index (χ4n) is 3.01. The molecule has 0 saturated carbocycles. The highest BCUT2D eigenvalue weighted by Crippen LogP contribution is 2.28. The van der Waals surface area contributed by atoms with Crippen molar-refractivity contribution in [2.75, 3.05) is 13.1 Å². The van der Waals surface area contributed by atoms with Gasteiger partial charge < -0.3 is 5.11 Å². The van der Waals surface area contributed by atoms with Crippen LogP contribution in [0.3, 0.4) is 0 Å². The number of carbonyl (C=O) groups is 1. The van der Waals surface area contributed by atoms with Gasteiger partial charge in [-0.25, -0.2) is 0 Å². The van der Waals surface area contributed by atoms with Gasteiger partial charge in [0.15, 0.2) is 0 Å². The summed E-state index contributed by atoms with van der Waals surface area (Å²) in [7, 11) is 0. The van der Waals surface area contributed by atoms with Crippen LogP contribution >= 0.6 is 11.6 Å². The molecule has 4 heteroatoms. The van der Waals surface area contributed by atoms with Crippen LogP contribution in [-0.2, 0) is 11.3 Å². The molecule has 3 nitrogen and oxygen atoms in total. The average Bonchev–Trinajstić information content (AvgIpc) is 2.41. The number of halogens is 1. The Bertz CT molecular complexity index is 464. The van der Waals surface area contributed by atoms with E-state index >= 15 is 0 Å². The van der Waals surface area contributed by atoms with E-state index in [0.717, 1.165) is 43.1 Å². The SMILES string of the molecule is CC(CC(=O)O)C1CCCN(Cc2ccccc2Cl)C1. The normalized spacial score (nSPS) is 21.6. The molecule has 1 fully saturated rings. The first-order valence-electron chi connectivity index (χ1n) is 7.24. The fourth-order valence-corrected chi connectivity index (χ4v) is 3.20. The van der Waals surface area contributed by atoms with Gasteiger partial charge in [0.1, 0.15) is 0 Å². The lowest BCUT2D eigenvalue weighted by Crippen LogP contribution is -2.37. The van der Waals surface area contributed by atoms with Crippen LogP contribution in [0.2, 0.25) is 5.02 Å². The molecule has 110 valence electrons. The zero-order valence-corrected chi connectivity index (χ0v) is 12.6. The van der Waals surface area contributed by atoms with Crippen LogP contribution in [-0.4, -0.2) is 29.1 Å². The fraction of sp³-hybridized carbons (Fsp3) is 0.562. The van der Waals surface area contributed by atoms with Crippen LogP contribution in [0, 0.1) is 11.8 Å². The quantitative estimate of drug-likeness (QED) is 0.901. The highest BCUT2D eigenvalue weighted by molar-refractivity contribution is 6.31. The van der Waals surface area contributed by atoms with Crippen molar-refractivity contribution in [2.24, 2.45) is 11.8 Å². The topological polar surface area (TPSA) is 40.5 Å². The van der Waals surface area contributed by atoms with Crippen LogP contribution in [0.1, 0.15) is 31.7 Å². The molecular weight excluding hydrogens is 274 g/mol. The van der Waals surface area contributed by atoms with Gasteiger partial charge in [-0.15, -0.1) is 0 Å². The number of carboxylic acids is 1. The van der Waals surface area contributed by atoms with Gasteiger partial charge in [0, 0.05) is 24.5 Å². The Morgan fingerprint density at radius 3 is 2.95 bits per heavy atom. The van der Waals surface area contributed by atoms with Gasteiger partial charge in [-0.1, -0.05) is 36.7 Å². The predicted octanol–water partition coefficient (Wildman–Crippen LogP) is 3.66. The van der Waals surface area contributed by atoms with E-state index in [4.69, 9.17) is 16.7 Å². The standard InChI is InChI=1S/C16H22ClNO2/c1-12(9-16(19)20)13-6-4-8-18(10-13)11-14-5-2-3-7-15(14)17/h2-3,5,7,12-13H,4,6,8-11H2,1H3,(H,19,20). The molecule has 20 heavy (non-hydrogen) atoms. The molecule has 0 amide bonds. The van der Waals surface area contributed by atoms with Crippen molar-refractivity contribution in [2.45, 2.75) is 32.7 Å². The predicted molar refractivity (Wildman–Crippen MR) is 80.9 cm³/mol. The van der Waals surface area contributed by atoms with Crippen molar-refractivity contribution in [3.8, 4) is 0 Å². The van der Waals surface area contributed by atoms with E-state index in [-0.39, 0.29) is 12.3 Å². The molecule has 0 radical (unpaired) electrons. The largest absolute Gasteiger partial charge is 0.481 e. The summed E-state index contributed by atoms with van der Waals surface area (Å²) in [5, 5.41) is 9.73. The van der Waals surface area contributed by atoms with Gasteiger partial charge in [0.2, 0.25) is 0 Å². The van der Waals surface area contributed by atoms with Gasteiger partial charge in [-0.3, -0.25) is 9.69 Å². The summed E-state index contributed by atoms with van der Waals surface area (Å²) in [4.78, 5) is 13.2. The Morgan fingerprint density at radius 1 is 1.50 bits per heavy atom. The van der Waals surface area contributed by atoms with Crippen LogP contribution in [0.25, 0.3) is 0 Å². The molecule has 1 aliphatic heterocycles. The first-order valence-corrected chi connectivity index (χ1v) is 7.61. The van der Waals surface area contributed by atoms with Gasteiger partial charge >= 0.3 is 5.97 Å². The molecule has 0 spiro atoms. The third-order valence-corrected chi connectivity index (χ3v) is 4.56. The molecule has 1 saturated heterocycles. The minimum atomic E-state index is -0.694. The molecule has 0 aliphatic carbocycles. The minimum absolute atomic E-state index is 0.238. The molecule has 2 rings (SSSR count).